The van der Waals surface area contributed by atoms with Crippen LogP contribution in [0.4, 0.5) is 5.69 Å². The van der Waals surface area contributed by atoms with Gasteiger partial charge in [0.15, 0.2) is 0 Å². The van der Waals surface area contributed by atoms with E-state index in [1.807, 2.05) is 37.3 Å². The largest absolute Gasteiger partial charge is 0.423 e. The number of nitrogens with zero attached hydrogens (tertiary/aromatic N) is 1. The predicted molar refractivity (Wildman–Crippen MR) is 99.0 cm³/mol. The highest BCUT2D eigenvalue weighted by molar-refractivity contribution is 6.11. The first kappa shape index (κ1) is 15.4. The molecule has 1 aromatic heterocycles. The van der Waals surface area contributed by atoms with E-state index >= 15 is 0 Å². The van der Waals surface area contributed by atoms with Crippen LogP contribution in [0.1, 0.15) is 28.4 Å². The smallest absolute Gasteiger partial charge is 0.336 e. The molecule has 0 atom stereocenters. The van der Waals surface area contributed by atoms with E-state index in [4.69, 9.17) is 4.42 Å². The number of hydrogen-bond acceptors (Lipinski definition) is 3. The molecule has 0 N–H and O–H groups in total. The van der Waals surface area contributed by atoms with Gasteiger partial charge in [-0.15, -0.1) is 0 Å². The van der Waals surface area contributed by atoms with Crippen molar-refractivity contribution >= 4 is 28.1 Å². The molecule has 25 heavy (non-hydrogen) atoms. The topological polar surface area (TPSA) is 50.5 Å². The Bertz CT molecular complexity index is 1080. The number of rotatable bonds is 1. The molecule has 0 radical (unpaired) electrons. The Morgan fingerprint density at radius 3 is 2.56 bits per heavy atom. The number of carbonyl (C=O) groups is 1. The first-order valence-corrected chi connectivity index (χ1v) is 8.25. The predicted octanol–water partition coefficient (Wildman–Crippen LogP) is 4.03. The molecule has 4 heteroatoms. The lowest BCUT2D eigenvalue weighted by molar-refractivity contribution is 0.0987. The van der Waals surface area contributed by atoms with Crippen LogP contribution in [0.2, 0.25) is 0 Å². The van der Waals surface area contributed by atoms with E-state index in [0.29, 0.717) is 24.1 Å². The summed E-state index contributed by atoms with van der Waals surface area (Å²) in [5, 5.41) is 0.837. The monoisotopic (exact) mass is 331 g/mol. The minimum Gasteiger partial charge on any atom is -0.423 e. The fraction of sp³-hybridized carbons (Fsp3) is 0.143. The highest BCUT2D eigenvalue weighted by Crippen LogP contribution is 2.36. The first-order valence-electron chi connectivity index (χ1n) is 8.25. The number of amides is 1. The van der Waals surface area contributed by atoms with E-state index in [2.05, 4.69) is 6.58 Å². The lowest BCUT2D eigenvalue weighted by Gasteiger charge is -2.29. The van der Waals surface area contributed by atoms with E-state index < -0.39 is 0 Å². The van der Waals surface area contributed by atoms with E-state index in [1.165, 1.54) is 6.07 Å². The third-order valence-electron chi connectivity index (χ3n) is 4.67. The van der Waals surface area contributed by atoms with Crippen molar-refractivity contribution in [3.8, 4) is 0 Å². The zero-order valence-corrected chi connectivity index (χ0v) is 13.9. The number of carbonyl (C=O) groups excluding carboxylic acids is 1. The molecule has 0 bridgehead atoms. The number of benzene rings is 2. The molecule has 1 amide bonds. The zero-order valence-electron chi connectivity index (χ0n) is 13.9. The Morgan fingerprint density at radius 1 is 1.04 bits per heavy atom. The van der Waals surface area contributed by atoms with Crippen LogP contribution in [0.3, 0.4) is 0 Å². The van der Waals surface area contributed by atoms with Gasteiger partial charge in [0.25, 0.3) is 5.91 Å². The zero-order chi connectivity index (χ0) is 17.6. The molecular formula is C21H17NO3. The van der Waals surface area contributed by atoms with Gasteiger partial charge in [-0.25, -0.2) is 4.79 Å². The highest BCUT2D eigenvalue weighted by atomic mass is 16.4. The van der Waals surface area contributed by atoms with Crippen molar-refractivity contribution in [2.45, 2.75) is 13.3 Å². The van der Waals surface area contributed by atoms with Crippen LogP contribution in [-0.2, 0) is 6.42 Å². The maximum absolute atomic E-state index is 13.1. The van der Waals surface area contributed by atoms with Gasteiger partial charge in [-0.2, -0.15) is 0 Å². The summed E-state index contributed by atoms with van der Waals surface area (Å²) in [5.74, 6) is -0.0445. The minimum absolute atomic E-state index is 0.0445. The van der Waals surface area contributed by atoms with Crippen molar-refractivity contribution in [3.05, 3.63) is 82.2 Å². The molecule has 2 aromatic carbocycles. The average molecular weight is 331 g/mol. The second-order valence-electron chi connectivity index (χ2n) is 6.10. The van der Waals surface area contributed by atoms with Gasteiger partial charge < -0.3 is 9.32 Å². The van der Waals surface area contributed by atoms with Gasteiger partial charge >= 0.3 is 5.63 Å². The maximum Gasteiger partial charge on any atom is 0.336 e. The molecule has 0 fully saturated rings. The summed E-state index contributed by atoms with van der Waals surface area (Å²) in [6, 6.07) is 14.3. The summed E-state index contributed by atoms with van der Waals surface area (Å²) in [6.45, 7) is 6.71. The SMILES string of the molecule is C=C1Cc2c(ccc3oc(=O)ccc23)N(CC)C(=O)c2ccccc21. The summed E-state index contributed by atoms with van der Waals surface area (Å²) in [4.78, 5) is 26.4. The number of anilines is 1. The van der Waals surface area contributed by atoms with Gasteiger partial charge in [0.2, 0.25) is 0 Å². The number of allylic oxidation sites excluding steroid dienone is 1. The lowest BCUT2D eigenvalue weighted by atomic mass is 9.90. The van der Waals surface area contributed by atoms with Gasteiger partial charge in [0, 0.05) is 35.7 Å². The fourth-order valence-electron chi connectivity index (χ4n) is 3.49. The average Bonchev–Trinajstić information content (AvgIpc) is 2.62. The summed E-state index contributed by atoms with van der Waals surface area (Å²) in [7, 11) is 0. The summed E-state index contributed by atoms with van der Waals surface area (Å²) in [6.07, 6.45) is 0.585. The third kappa shape index (κ3) is 2.38. The summed E-state index contributed by atoms with van der Waals surface area (Å²) in [5.41, 5.74) is 4.34. The van der Waals surface area contributed by atoms with Crippen LogP contribution in [0.25, 0.3) is 16.5 Å². The van der Waals surface area contributed by atoms with Crippen molar-refractivity contribution in [1.82, 2.24) is 0 Å². The molecule has 0 saturated heterocycles. The van der Waals surface area contributed by atoms with E-state index in [1.54, 1.807) is 17.0 Å². The Balaban J connectivity index is 2.03. The van der Waals surface area contributed by atoms with Gasteiger partial charge in [0.1, 0.15) is 5.58 Å². The van der Waals surface area contributed by atoms with E-state index in [-0.39, 0.29) is 11.5 Å². The maximum atomic E-state index is 13.1. The normalized spacial score (nSPS) is 14.0. The lowest BCUT2D eigenvalue weighted by Crippen LogP contribution is -2.33. The van der Waals surface area contributed by atoms with Crippen LogP contribution in [0.15, 0.2) is 64.3 Å². The molecule has 1 aliphatic rings. The minimum atomic E-state index is -0.383. The Hall–Kier alpha value is -3.14. The molecule has 3 aromatic rings. The Morgan fingerprint density at radius 2 is 1.80 bits per heavy atom. The molecule has 4 rings (SSSR count). The van der Waals surface area contributed by atoms with Crippen LogP contribution < -0.4 is 10.5 Å². The molecule has 0 saturated carbocycles. The molecule has 4 nitrogen and oxygen atoms in total. The van der Waals surface area contributed by atoms with Crippen molar-refractivity contribution in [2.75, 3.05) is 11.4 Å². The van der Waals surface area contributed by atoms with Crippen LogP contribution in [-0.4, -0.2) is 12.5 Å². The molecule has 124 valence electrons. The molecular weight excluding hydrogens is 314 g/mol. The van der Waals surface area contributed by atoms with Crippen LogP contribution in [0.5, 0.6) is 0 Å². The number of fused-ring (bicyclic) bond motifs is 4. The first-order chi connectivity index (χ1) is 12.1. The van der Waals surface area contributed by atoms with Crippen molar-refractivity contribution < 1.29 is 9.21 Å². The Labute approximate surface area is 145 Å². The van der Waals surface area contributed by atoms with Gasteiger partial charge in [-0.1, -0.05) is 24.8 Å². The second-order valence-corrected chi connectivity index (χ2v) is 6.10. The van der Waals surface area contributed by atoms with Gasteiger partial charge in [0.05, 0.1) is 0 Å². The standard InChI is InChI=1S/C21H17NO3/c1-3-22-18-9-10-19-15(8-11-20(23)25-19)17(18)12-13(2)14-6-4-5-7-16(14)21(22)24/h4-11H,2-3,12H2,1H3. The van der Waals surface area contributed by atoms with Gasteiger partial charge in [-0.3, -0.25) is 4.79 Å². The molecule has 0 unspecified atom stereocenters. The Kier molecular flexibility index (Phi) is 3.53. The molecule has 2 heterocycles. The van der Waals surface area contributed by atoms with Gasteiger partial charge in [-0.05, 0) is 47.9 Å². The molecule has 0 aliphatic carbocycles. The summed E-state index contributed by atoms with van der Waals surface area (Å²) < 4.78 is 5.31. The van der Waals surface area contributed by atoms with Crippen LogP contribution >= 0.6 is 0 Å². The molecule has 1 aliphatic heterocycles. The van der Waals surface area contributed by atoms with Crippen LogP contribution in [0, 0.1) is 0 Å². The highest BCUT2D eigenvalue weighted by Gasteiger charge is 2.26. The quantitative estimate of drug-likeness (QED) is 0.633. The summed E-state index contributed by atoms with van der Waals surface area (Å²) >= 11 is 0. The number of hydrogen-bond donors (Lipinski definition) is 0. The van der Waals surface area contributed by atoms with Crippen molar-refractivity contribution in [3.63, 3.8) is 0 Å². The van der Waals surface area contributed by atoms with Crippen molar-refractivity contribution in [2.24, 2.45) is 0 Å². The third-order valence-corrected chi connectivity index (χ3v) is 4.67. The fourth-order valence-corrected chi connectivity index (χ4v) is 3.49. The van der Waals surface area contributed by atoms with E-state index in [0.717, 1.165) is 27.8 Å². The second kappa shape index (κ2) is 5.74. The molecule has 0 spiro atoms. The van der Waals surface area contributed by atoms with E-state index in [9.17, 15) is 9.59 Å². The van der Waals surface area contributed by atoms with Crippen molar-refractivity contribution in [1.29, 1.82) is 0 Å².